The van der Waals surface area contributed by atoms with Crippen molar-refractivity contribution in [1.29, 1.82) is 0 Å². The Morgan fingerprint density at radius 1 is 1.48 bits per heavy atom. The summed E-state index contributed by atoms with van der Waals surface area (Å²) in [5, 5.41) is 0. The molecule has 0 aliphatic carbocycles. The van der Waals surface area contributed by atoms with Gasteiger partial charge in [-0.05, 0) is 18.2 Å². The van der Waals surface area contributed by atoms with Crippen molar-refractivity contribution in [1.82, 2.24) is 4.90 Å². The zero-order valence-corrected chi connectivity index (χ0v) is 13.1. The molecular weight excluding hydrogens is 374 g/mol. The molecule has 1 atom stereocenters. The van der Waals surface area contributed by atoms with Crippen LogP contribution in [-0.2, 0) is 10.9 Å². The van der Waals surface area contributed by atoms with Gasteiger partial charge in [-0.25, -0.2) is 0 Å². The van der Waals surface area contributed by atoms with Crippen LogP contribution in [-0.4, -0.2) is 42.5 Å². The van der Waals surface area contributed by atoms with Gasteiger partial charge in [-0.1, -0.05) is 15.9 Å². The molecular formula is C13H12BrClF3NO2. The molecule has 0 saturated carbocycles. The van der Waals surface area contributed by atoms with E-state index in [0.717, 1.165) is 6.07 Å². The van der Waals surface area contributed by atoms with Crippen LogP contribution in [0.2, 0.25) is 0 Å². The maximum absolute atomic E-state index is 13.1. The first-order chi connectivity index (χ1) is 9.84. The first kappa shape index (κ1) is 16.6. The van der Waals surface area contributed by atoms with E-state index in [1.807, 2.05) is 0 Å². The van der Waals surface area contributed by atoms with Crippen LogP contribution in [0, 0.1) is 0 Å². The van der Waals surface area contributed by atoms with Gasteiger partial charge in [0.2, 0.25) is 0 Å². The fourth-order valence-electron chi connectivity index (χ4n) is 2.14. The third kappa shape index (κ3) is 3.70. The molecule has 0 radical (unpaired) electrons. The van der Waals surface area contributed by atoms with Crippen LogP contribution >= 0.6 is 27.5 Å². The lowest BCUT2D eigenvalue weighted by atomic mass is 10.0. The molecule has 0 bridgehead atoms. The van der Waals surface area contributed by atoms with Gasteiger partial charge in [0.15, 0.2) is 0 Å². The van der Waals surface area contributed by atoms with E-state index in [1.165, 1.54) is 17.0 Å². The van der Waals surface area contributed by atoms with Crippen LogP contribution < -0.4 is 0 Å². The Morgan fingerprint density at radius 3 is 2.81 bits per heavy atom. The number of halogens is 5. The predicted octanol–water partition coefficient (Wildman–Crippen LogP) is 3.55. The van der Waals surface area contributed by atoms with Gasteiger partial charge in [-0.15, -0.1) is 11.6 Å². The number of amides is 1. The predicted molar refractivity (Wildman–Crippen MR) is 75.5 cm³/mol. The third-order valence-corrected chi connectivity index (χ3v) is 4.03. The lowest BCUT2D eigenvalue weighted by Gasteiger charge is -2.35. The second kappa shape index (κ2) is 6.54. The molecule has 21 heavy (non-hydrogen) atoms. The Bertz CT molecular complexity index is 539. The summed E-state index contributed by atoms with van der Waals surface area (Å²) >= 11 is 8.75. The van der Waals surface area contributed by atoms with Crippen molar-refractivity contribution in [2.45, 2.75) is 12.2 Å². The Labute approximate surface area is 133 Å². The summed E-state index contributed by atoms with van der Waals surface area (Å²) in [5.74, 6) is -0.562. The van der Waals surface area contributed by atoms with Crippen LogP contribution in [0.4, 0.5) is 13.2 Å². The zero-order valence-electron chi connectivity index (χ0n) is 10.8. The van der Waals surface area contributed by atoms with E-state index in [-0.39, 0.29) is 35.7 Å². The molecule has 1 aromatic rings. The zero-order chi connectivity index (χ0) is 15.6. The van der Waals surface area contributed by atoms with Crippen molar-refractivity contribution >= 4 is 33.4 Å². The van der Waals surface area contributed by atoms with E-state index >= 15 is 0 Å². The van der Waals surface area contributed by atoms with Crippen molar-refractivity contribution in [3.05, 3.63) is 33.8 Å². The molecule has 3 nitrogen and oxygen atoms in total. The number of ether oxygens (including phenoxy) is 1. The number of carbonyl (C=O) groups excluding carboxylic acids is 1. The molecule has 1 aliphatic rings. The highest BCUT2D eigenvalue weighted by Gasteiger charge is 2.38. The molecule has 1 aromatic carbocycles. The molecule has 8 heteroatoms. The molecule has 1 aliphatic heterocycles. The number of hydrogen-bond donors (Lipinski definition) is 0. The minimum atomic E-state index is -4.60. The van der Waals surface area contributed by atoms with Gasteiger partial charge in [0, 0.05) is 16.9 Å². The largest absolute Gasteiger partial charge is 0.417 e. The normalized spacial score (nSPS) is 19.7. The molecule has 1 saturated heterocycles. The summed E-state index contributed by atoms with van der Waals surface area (Å²) in [7, 11) is 0. The SMILES string of the molecule is O=C(c1ccc(Br)cc1C(F)(F)F)N1CCOCC1CCl. The topological polar surface area (TPSA) is 29.5 Å². The Balaban J connectivity index is 2.39. The standard InChI is InChI=1S/C13H12BrClF3NO2/c14-8-1-2-10(11(5-8)13(16,17)18)12(20)19-3-4-21-7-9(19)6-15/h1-2,5,9H,3-4,6-7H2. The second-order valence-corrected chi connectivity index (χ2v) is 5.79. The summed E-state index contributed by atoms with van der Waals surface area (Å²) in [6, 6.07) is 3.08. The first-order valence-electron chi connectivity index (χ1n) is 6.16. The smallest absolute Gasteiger partial charge is 0.377 e. The molecule has 1 heterocycles. The lowest BCUT2D eigenvalue weighted by Crippen LogP contribution is -2.50. The summed E-state index contributed by atoms with van der Waals surface area (Å²) in [5.41, 5.74) is -1.33. The first-order valence-corrected chi connectivity index (χ1v) is 7.48. The minimum absolute atomic E-state index is 0.115. The van der Waals surface area contributed by atoms with Crippen LogP contribution in [0.1, 0.15) is 15.9 Å². The van der Waals surface area contributed by atoms with Crippen LogP contribution in [0.5, 0.6) is 0 Å². The number of benzene rings is 1. The highest BCUT2D eigenvalue weighted by atomic mass is 79.9. The van der Waals surface area contributed by atoms with Crippen molar-refractivity contribution in [3.63, 3.8) is 0 Å². The molecule has 116 valence electrons. The highest BCUT2D eigenvalue weighted by Crippen LogP contribution is 2.34. The average Bonchev–Trinajstić information content (AvgIpc) is 2.45. The number of nitrogens with zero attached hydrogens (tertiary/aromatic N) is 1. The van der Waals surface area contributed by atoms with Crippen molar-refractivity contribution in [3.8, 4) is 0 Å². The molecule has 1 unspecified atom stereocenters. The van der Waals surface area contributed by atoms with Gasteiger partial charge in [0.1, 0.15) is 0 Å². The summed E-state index contributed by atoms with van der Waals surface area (Å²) in [6.45, 7) is 0.744. The summed E-state index contributed by atoms with van der Waals surface area (Å²) in [6.07, 6.45) is -4.60. The van der Waals surface area contributed by atoms with E-state index in [9.17, 15) is 18.0 Å². The number of carbonyl (C=O) groups is 1. The monoisotopic (exact) mass is 385 g/mol. The average molecular weight is 387 g/mol. The van der Waals surface area contributed by atoms with E-state index in [4.69, 9.17) is 16.3 Å². The van der Waals surface area contributed by atoms with E-state index in [0.29, 0.717) is 0 Å². The van der Waals surface area contributed by atoms with Crippen molar-refractivity contribution < 1.29 is 22.7 Å². The van der Waals surface area contributed by atoms with Crippen molar-refractivity contribution in [2.75, 3.05) is 25.6 Å². The summed E-state index contributed by atoms with van der Waals surface area (Å²) in [4.78, 5) is 13.8. The highest BCUT2D eigenvalue weighted by molar-refractivity contribution is 9.10. The second-order valence-electron chi connectivity index (χ2n) is 4.57. The molecule has 1 amide bonds. The van der Waals surface area contributed by atoms with E-state index < -0.39 is 23.7 Å². The van der Waals surface area contributed by atoms with Crippen LogP contribution in [0.3, 0.4) is 0 Å². The molecule has 0 N–H and O–H groups in total. The fraction of sp³-hybridized carbons (Fsp3) is 0.462. The van der Waals surface area contributed by atoms with Gasteiger partial charge in [-0.3, -0.25) is 4.79 Å². The number of morpholine rings is 1. The minimum Gasteiger partial charge on any atom is -0.377 e. The lowest BCUT2D eigenvalue weighted by molar-refractivity contribution is -0.138. The summed E-state index contributed by atoms with van der Waals surface area (Å²) < 4.78 is 44.7. The maximum Gasteiger partial charge on any atom is 0.417 e. The molecule has 2 rings (SSSR count). The van der Waals surface area contributed by atoms with Crippen LogP contribution in [0.15, 0.2) is 22.7 Å². The Kier molecular flexibility index (Phi) is 5.16. The quantitative estimate of drug-likeness (QED) is 0.728. The number of alkyl halides is 4. The fourth-order valence-corrected chi connectivity index (χ4v) is 2.76. The number of rotatable bonds is 2. The van der Waals surface area contributed by atoms with Crippen LogP contribution in [0.25, 0.3) is 0 Å². The third-order valence-electron chi connectivity index (χ3n) is 3.18. The van der Waals surface area contributed by atoms with Gasteiger partial charge < -0.3 is 9.64 Å². The Morgan fingerprint density at radius 2 is 2.19 bits per heavy atom. The molecule has 1 fully saturated rings. The van der Waals surface area contributed by atoms with Crippen molar-refractivity contribution in [2.24, 2.45) is 0 Å². The van der Waals surface area contributed by atoms with Gasteiger partial charge in [0.05, 0.1) is 30.4 Å². The molecule has 0 spiro atoms. The van der Waals surface area contributed by atoms with Gasteiger partial charge in [0.25, 0.3) is 5.91 Å². The Hall–Kier alpha value is -0.790. The van der Waals surface area contributed by atoms with Gasteiger partial charge in [-0.2, -0.15) is 13.2 Å². The molecule has 0 aromatic heterocycles. The van der Waals surface area contributed by atoms with E-state index in [1.54, 1.807) is 0 Å². The van der Waals surface area contributed by atoms with E-state index in [2.05, 4.69) is 15.9 Å². The van der Waals surface area contributed by atoms with Gasteiger partial charge >= 0.3 is 6.18 Å². The maximum atomic E-state index is 13.1. The number of hydrogen-bond acceptors (Lipinski definition) is 2.